The fourth-order valence-corrected chi connectivity index (χ4v) is 2.65. The highest BCUT2D eigenvalue weighted by Crippen LogP contribution is 2.26. The average Bonchev–Trinajstić information content (AvgIpc) is 2.40. The van der Waals surface area contributed by atoms with Crippen LogP contribution >= 0.6 is 11.6 Å². The van der Waals surface area contributed by atoms with Crippen molar-refractivity contribution in [2.45, 2.75) is 45.1 Å². The van der Waals surface area contributed by atoms with Crippen molar-refractivity contribution >= 4 is 17.5 Å². The normalized spacial score (nSPS) is 16.6. The van der Waals surface area contributed by atoms with Gasteiger partial charge in [0.05, 0.1) is 7.11 Å². The summed E-state index contributed by atoms with van der Waals surface area (Å²) in [5.74, 6) is 0.626. The first-order valence-electron chi connectivity index (χ1n) is 6.46. The van der Waals surface area contributed by atoms with Crippen LogP contribution in [0.3, 0.4) is 0 Å². The number of ether oxygens (including phenoxy) is 1. The van der Waals surface area contributed by atoms with Crippen molar-refractivity contribution in [3.05, 3.63) is 5.28 Å². The fourth-order valence-electron chi connectivity index (χ4n) is 2.50. The van der Waals surface area contributed by atoms with Crippen molar-refractivity contribution in [3.63, 3.8) is 0 Å². The van der Waals surface area contributed by atoms with E-state index in [9.17, 15) is 0 Å². The van der Waals surface area contributed by atoms with Crippen molar-refractivity contribution in [2.24, 2.45) is 0 Å². The van der Waals surface area contributed by atoms with Crippen LogP contribution in [0.15, 0.2) is 0 Å². The zero-order chi connectivity index (χ0) is 13.0. The van der Waals surface area contributed by atoms with Crippen molar-refractivity contribution < 1.29 is 4.74 Å². The van der Waals surface area contributed by atoms with Gasteiger partial charge in [0.15, 0.2) is 0 Å². The van der Waals surface area contributed by atoms with E-state index in [-0.39, 0.29) is 11.3 Å². The molecule has 6 heteroatoms. The molecular formula is C12H19ClN4O. The second-order valence-corrected chi connectivity index (χ2v) is 4.81. The summed E-state index contributed by atoms with van der Waals surface area (Å²) < 4.78 is 5.04. The smallest absolute Gasteiger partial charge is 0.322 e. The summed E-state index contributed by atoms with van der Waals surface area (Å²) in [6, 6.07) is 0.784. The first-order valence-corrected chi connectivity index (χ1v) is 6.84. The van der Waals surface area contributed by atoms with Gasteiger partial charge >= 0.3 is 6.01 Å². The Kier molecular flexibility index (Phi) is 4.58. The van der Waals surface area contributed by atoms with Crippen LogP contribution < -0.4 is 9.64 Å². The molecule has 2 rings (SSSR count). The minimum Gasteiger partial charge on any atom is -0.467 e. The monoisotopic (exact) mass is 270 g/mol. The third kappa shape index (κ3) is 3.02. The first kappa shape index (κ1) is 13.3. The second kappa shape index (κ2) is 6.18. The summed E-state index contributed by atoms with van der Waals surface area (Å²) in [7, 11) is 1.53. The summed E-state index contributed by atoms with van der Waals surface area (Å²) in [5, 5.41) is 0.186. The number of nitrogens with zero attached hydrogens (tertiary/aromatic N) is 4. The molecule has 100 valence electrons. The van der Waals surface area contributed by atoms with Crippen LogP contribution in [0.5, 0.6) is 6.01 Å². The van der Waals surface area contributed by atoms with E-state index in [1.54, 1.807) is 0 Å². The molecule has 0 spiro atoms. The van der Waals surface area contributed by atoms with E-state index in [0.717, 1.165) is 6.54 Å². The van der Waals surface area contributed by atoms with Gasteiger partial charge in [-0.05, 0) is 31.4 Å². The van der Waals surface area contributed by atoms with Crippen molar-refractivity contribution in [3.8, 4) is 6.01 Å². The number of halogens is 1. The third-order valence-electron chi connectivity index (χ3n) is 3.37. The summed E-state index contributed by atoms with van der Waals surface area (Å²) in [4.78, 5) is 14.6. The Balaban J connectivity index is 2.22. The summed E-state index contributed by atoms with van der Waals surface area (Å²) >= 11 is 5.90. The van der Waals surface area contributed by atoms with Crippen LogP contribution in [0.1, 0.15) is 39.0 Å². The van der Waals surface area contributed by atoms with Gasteiger partial charge in [-0.15, -0.1) is 0 Å². The van der Waals surface area contributed by atoms with Gasteiger partial charge < -0.3 is 9.64 Å². The predicted octanol–water partition coefficient (Wildman–Crippen LogP) is 2.69. The van der Waals surface area contributed by atoms with Gasteiger partial charge in [0.1, 0.15) is 0 Å². The maximum absolute atomic E-state index is 5.90. The molecule has 1 heterocycles. The number of aromatic nitrogens is 3. The van der Waals surface area contributed by atoms with Crippen molar-refractivity contribution in [1.82, 2.24) is 15.0 Å². The lowest BCUT2D eigenvalue weighted by Crippen LogP contribution is -2.38. The molecule has 1 saturated carbocycles. The lowest BCUT2D eigenvalue weighted by atomic mass is 9.94. The van der Waals surface area contributed by atoms with Gasteiger partial charge in [-0.1, -0.05) is 19.3 Å². The highest BCUT2D eigenvalue weighted by atomic mass is 35.5. The zero-order valence-corrected chi connectivity index (χ0v) is 11.7. The predicted molar refractivity (Wildman–Crippen MR) is 71.3 cm³/mol. The second-order valence-electron chi connectivity index (χ2n) is 4.47. The highest BCUT2D eigenvalue weighted by Gasteiger charge is 2.23. The molecule has 0 aliphatic heterocycles. The first-order chi connectivity index (χ1) is 8.74. The molecule has 5 nitrogen and oxygen atoms in total. The van der Waals surface area contributed by atoms with Crippen LogP contribution in [-0.4, -0.2) is 34.6 Å². The molecule has 1 aliphatic carbocycles. The third-order valence-corrected chi connectivity index (χ3v) is 3.54. The van der Waals surface area contributed by atoms with Crippen LogP contribution in [0.25, 0.3) is 0 Å². The molecule has 0 radical (unpaired) electrons. The van der Waals surface area contributed by atoms with Gasteiger partial charge in [-0.2, -0.15) is 15.0 Å². The molecule has 0 saturated heterocycles. The van der Waals surface area contributed by atoms with Gasteiger partial charge in [-0.3, -0.25) is 0 Å². The molecule has 0 amide bonds. The van der Waals surface area contributed by atoms with Gasteiger partial charge in [-0.25, -0.2) is 0 Å². The van der Waals surface area contributed by atoms with E-state index in [1.807, 2.05) is 0 Å². The summed E-state index contributed by atoms with van der Waals surface area (Å²) in [5.41, 5.74) is 0. The highest BCUT2D eigenvalue weighted by molar-refractivity contribution is 6.28. The Labute approximate surface area is 113 Å². The lowest BCUT2D eigenvalue weighted by molar-refractivity contribution is 0.374. The Morgan fingerprint density at radius 2 is 1.94 bits per heavy atom. The Morgan fingerprint density at radius 1 is 1.22 bits per heavy atom. The van der Waals surface area contributed by atoms with E-state index in [1.165, 1.54) is 39.2 Å². The molecule has 0 bridgehead atoms. The minimum atomic E-state index is 0.186. The molecule has 1 aromatic rings. The van der Waals surface area contributed by atoms with Crippen LogP contribution in [-0.2, 0) is 0 Å². The minimum absolute atomic E-state index is 0.186. The van der Waals surface area contributed by atoms with E-state index in [2.05, 4.69) is 26.8 Å². The van der Waals surface area contributed by atoms with E-state index in [4.69, 9.17) is 16.3 Å². The number of hydrogen-bond donors (Lipinski definition) is 0. The molecule has 0 aromatic carbocycles. The largest absolute Gasteiger partial charge is 0.467 e. The number of methoxy groups -OCH3 is 1. The number of rotatable bonds is 4. The van der Waals surface area contributed by atoms with Crippen molar-refractivity contribution in [1.29, 1.82) is 0 Å². The molecular weight excluding hydrogens is 252 g/mol. The van der Waals surface area contributed by atoms with E-state index >= 15 is 0 Å². The molecule has 0 atom stereocenters. The standard InChI is InChI=1S/C12H19ClN4O/c1-3-17(9-7-5-4-6-8-9)11-14-10(13)15-12(16-11)18-2/h9H,3-8H2,1-2H3. The zero-order valence-electron chi connectivity index (χ0n) is 10.9. The van der Waals surface area contributed by atoms with Crippen molar-refractivity contribution in [2.75, 3.05) is 18.6 Å². The molecule has 18 heavy (non-hydrogen) atoms. The topological polar surface area (TPSA) is 51.1 Å². The summed E-state index contributed by atoms with van der Waals surface area (Å²) in [6.45, 7) is 2.98. The maximum atomic E-state index is 5.90. The molecule has 1 fully saturated rings. The quantitative estimate of drug-likeness (QED) is 0.842. The van der Waals surface area contributed by atoms with Crippen LogP contribution in [0.2, 0.25) is 5.28 Å². The average molecular weight is 271 g/mol. The van der Waals surface area contributed by atoms with E-state index in [0.29, 0.717) is 12.0 Å². The fraction of sp³-hybridized carbons (Fsp3) is 0.750. The Bertz CT molecular complexity index is 396. The molecule has 0 N–H and O–H groups in total. The van der Waals surface area contributed by atoms with Crippen LogP contribution in [0, 0.1) is 0 Å². The molecule has 1 aliphatic rings. The maximum Gasteiger partial charge on any atom is 0.322 e. The Hall–Kier alpha value is -1.10. The molecule has 0 unspecified atom stereocenters. The number of anilines is 1. The SMILES string of the molecule is CCN(c1nc(Cl)nc(OC)n1)C1CCCCC1. The lowest BCUT2D eigenvalue weighted by Gasteiger charge is -2.33. The van der Waals surface area contributed by atoms with Gasteiger partial charge in [0, 0.05) is 12.6 Å². The van der Waals surface area contributed by atoms with Gasteiger partial charge in [0.2, 0.25) is 11.2 Å². The van der Waals surface area contributed by atoms with E-state index < -0.39 is 0 Å². The van der Waals surface area contributed by atoms with Crippen LogP contribution in [0.4, 0.5) is 5.95 Å². The summed E-state index contributed by atoms with van der Waals surface area (Å²) in [6.07, 6.45) is 6.27. The number of hydrogen-bond acceptors (Lipinski definition) is 5. The van der Waals surface area contributed by atoms with Gasteiger partial charge in [0.25, 0.3) is 0 Å². The Morgan fingerprint density at radius 3 is 2.56 bits per heavy atom. The molecule has 1 aromatic heterocycles.